The van der Waals surface area contributed by atoms with E-state index in [1.165, 1.54) is 241 Å². The maximum Gasteiger partial charge on any atom is 0.0547 e. The molecule has 28 aromatic rings. The molecule has 0 atom stereocenters. The summed E-state index contributed by atoms with van der Waals surface area (Å²) in [5, 5.41) is 24.7. The Bertz CT molecular complexity index is 9270. The summed E-state index contributed by atoms with van der Waals surface area (Å²) in [6, 6.07) is 188. The van der Waals surface area contributed by atoms with E-state index >= 15 is 0 Å². The molecule has 0 aliphatic heterocycles. The van der Waals surface area contributed by atoms with Crippen LogP contribution in [0.4, 0.5) is 0 Å². The first-order chi connectivity index (χ1) is 67.5. The average Bonchev–Trinajstić information content (AvgIpc) is 1.12. The second-order valence-corrected chi connectivity index (χ2v) is 35.9. The van der Waals surface area contributed by atoms with Crippen molar-refractivity contribution in [1.29, 1.82) is 0 Å². The second-order valence-electron chi connectivity index (χ2n) is 35.9. The van der Waals surface area contributed by atoms with Gasteiger partial charge in [-0.1, -0.05) is 376 Å². The first-order valence-corrected chi connectivity index (χ1v) is 47.0. The Morgan fingerprint density at radius 2 is 0.368 bits per heavy atom. The minimum absolute atomic E-state index is 1.15. The lowest BCUT2D eigenvalue weighted by Crippen LogP contribution is -1.94. The van der Waals surface area contributed by atoms with Crippen molar-refractivity contribution in [3.63, 3.8) is 0 Å². The predicted molar refractivity (Wildman–Crippen MR) is 579 cm³/mol. The van der Waals surface area contributed by atoms with E-state index in [1.807, 2.05) is 0 Å². The van der Waals surface area contributed by atoms with Crippen molar-refractivity contribution in [2.75, 3.05) is 0 Å². The van der Waals surface area contributed by atoms with Gasteiger partial charge in [0.2, 0.25) is 0 Å². The molecule has 0 aliphatic carbocycles. The molecule has 28 rings (SSSR count). The maximum atomic E-state index is 2.50. The first-order valence-electron chi connectivity index (χ1n) is 47.0. The fourth-order valence-corrected chi connectivity index (χ4v) is 22.7. The van der Waals surface area contributed by atoms with E-state index in [9.17, 15) is 0 Å². The predicted octanol–water partition coefficient (Wildman–Crippen LogP) is 36.0. The third kappa shape index (κ3) is 12.5. The molecule has 4 nitrogen and oxygen atoms in total. The van der Waals surface area contributed by atoms with Gasteiger partial charge in [0.15, 0.2) is 0 Å². The van der Waals surface area contributed by atoms with E-state index in [1.54, 1.807) is 0 Å². The van der Waals surface area contributed by atoms with E-state index < -0.39 is 0 Å². The SMILES string of the molecule is c1ccc(-c2ccc3c(-c4c5cccc(-c6ccc7c(c6)c6ccccc6n7-c6ccccc6)c5cc5c(-c6ccc7c(c6)c6ccccc6n7-c6ccccc6)cccc45)cccc3c2)cc1.c1ccc(-c2ccc3c(-c4c5cccc(-c6cccc7c6c6ccccc6n7-c6ccccc6)c5cc5c(-c6cccc7c6c6ccccc6n7-c6ccccc6)cccc45)cccc3c2)cc1. The highest BCUT2D eigenvalue weighted by molar-refractivity contribution is 6.28. The van der Waals surface area contributed by atoms with Crippen LogP contribution in [0, 0.1) is 0 Å². The van der Waals surface area contributed by atoms with Gasteiger partial charge in [-0.15, -0.1) is 0 Å². The Hall–Kier alpha value is -18.0. The van der Waals surface area contributed by atoms with Crippen LogP contribution < -0.4 is 0 Å². The zero-order chi connectivity index (χ0) is 89.4. The van der Waals surface area contributed by atoms with Crippen molar-refractivity contribution in [3.05, 3.63) is 510 Å². The van der Waals surface area contributed by atoms with Crippen LogP contribution in [0.15, 0.2) is 510 Å². The smallest absolute Gasteiger partial charge is 0.0547 e. The lowest BCUT2D eigenvalue weighted by atomic mass is 9.84. The van der Waals surface area contributed by atoms with Crippen LogP contribution in [0.5, 0.6) is 0 Å². The molecule has 0 fully saturated rings. The average molecular weight is 1730 g/mol. The number of hydrogen-bond acceptors (Lipinski definition) is 0. The molecule has 4 heterocycles. The van der Waals surface area contributed by atoms with Crippen molar-refractivity contribution in [3.8, 4) is 112 Å². The van der Waals surface area contributed by atoms with Crippen LogP contribution in [0.2, 0.25) is 0 Å². The molecule has 0 amide bonds. The number of benzene rings is 24. The van der Waals surface area contributed by atoms with Gasteiger partial charge in [-0.2, -0.15) is 0 Å². The standard InChI is InChI=1S/2C66H42N2/c1-4-19-43(20-5-1)44-39-40-48-45(41-44)21-14-30-51(48)64-54-31-15-28-49(52-33-17-37-62-65(52)56-26-10-12-35-60(56)67(62)46-22-6-2-7-23-46)58(54)42-59-50(29-16-32-55(59)64)53-34-18-38-63-66(53)57-27-11-13-36-61(57)68(63)47-24-8-3-9-25-47;1-4-17-43(18-5-1)44-33-36-52-45(39-44)19-14-28-55(52)66-56-29-15-26-50(46-34-37-64-60(40-46)53-24-10-12-31-62(53)67(64)48-20-6-2-7-21-48)58(56)42-59-51(27-16-30-57(59)66)47-35-38-65-61(41-47)54-25-11-13-32-63(54)68(65)49-22-8-3-9-23-49/h2*1-42H. The second kappa shape index (κ2) is 32.0. The van der Waals surface area contributed by atoms with E-state index in [-0.39, 0.29) is 0 Å². The van der Waals surface area contributed by atoms with E-state index in [2.05, 4.69) is 528 Å². The first kappa shape index (κ1) is 77.9. The number of rotatable bonds is 12. The van der Waals surface area contributed by atoms with Crippen LogP contribution >= 0.6 is 0 Å². The normalized spacial score (nSPS) is 11.8. The summed E-state index contributed by atoms with van der Waals surface area (Å²) in [7, 11) is 0. The minimum atomic E-state index is 1.15. The topological polar surface area (TPSA) is 19.7 Å². The van der Waals surface area contributed by atoms with E-state index in [0.717, 1.165) is 22.7 Å². The summed E-state index contributed by atoms with van der Waals surface area (Å²) < 4.78 is 9.63. The molecule has 0 spiro atoms. The summed E-state index contributed by atoms with van der Waals surface area (Å²) in [5.74, 6) is 0. The lowest BCUT2D eigenvalue weighted by molar-refractivity contribution is 1.18. The van der Waals surface area contributed by atoms with Crippen molar-refractivity contribution in [1.82, 2.24) is 18.3 Å². The monoisotopic (exact) mass is 1720 g/mol. The lowest BCUT2D eigenvalue weighted by Gasteiger charge is -2.19. The van der Waals surface area contributed by atoms with Gasteiger partial charge in [-0.3, -0.25) is 0 Å². The van der Waals surface area contributed by atoms with Crippen molar-refractivity contribution < 1.29 is 0 Å². The van der Waals surface area contributed by atoms with E-state index in [0.29, 0.717) is 0 Å². The summed E-state index contributed by atoms with van der Waals surface area (Å²) >= 11 is 0. The summed E-state index contributed by atoms with van der Waals surface area (Å²) in [6.07, 6.45) is 0. The van der Waals surface area contributed by atoms with Crippen LogP contribution in [-0.4, -0.2) is 18.3 Å². The van der Waals surface area contributed by atoms with Gasteiger partial charge in [-0.25, -0.2) is 0 Å². The molecule has 136 heavy (non-hydrogen) atoms. The van der Waals surface area contributed by atoms with Crippen LogP contribution in [0.1, 0.15) is 0 Å². The fourth-order valence-electron chi connectivity index (χ4n) is 22.7. The number of hydrogen-bond donors (Lipinski definition) is 0. The molecule has 0 unspecified atom stereocenters. The summed E-state index contributed by atoms with van der Waals surface area (Å²) in [5.41, 5.74) is 33.7. The molecular weight excluding hydrogens is 1640 g/mol. The maximum absolute atomic E-state index is 2.50. The number of aromatic nitrogens is 4. The van der Waals surface area contributed by atoms with Crippen LogP contribution in [0.25, 0.3) is 264 Å². The van der Waals surface area contributed by atoms with Crippen molar-refractivity contribution in [2.24, 2.45) is 0 Å². The highest BCUT2D eigenvalue weighted by atomic mass is 15.0. The van der Waals surface area contributed by atoms with Gasteiger partial charge >= 0.3 is 0 Å². The molecule has 0 saturated heterocycles. The summed E-state index contributed by atoms with van der Waals surface area (Å²) in [6.45, 7) is 0. The highest BCUT2D eigenvalue weighted by Gasteiger charge is 2.27. The summed E-state index contributed by atoms with van der Waals surface area (Å²) in [4.78, 5) is 0. The molecule has 4 heteroatoms. The fraction of sp³-hybridized carbons (Fsp3) is 0. The Labute approximate surface area is 785 Å². The van der Waals surface area contributed by atoms with Gasteiger partial charge in [0.25, 0.3) is 0 Å². The van der Waals surface area contributed by atoms with Gasteiger partial charge in [0.05, 0.1) is 44.1 Å². The number of fused-ring (bicyclic) bond motifs is 18. The quantitative estimate of drug-likeness (QED) is 0.109. The Balaban J connectivity index is 0.000000138. The minimum Gasteiger partial charge on any atom is -0.309 e. The molecule has 0 aliphatic rings. The molecule has 4 aromatic heterocycles. The van der Waals surface area contributed by atoms with Gasteiger partial charge < -0.3 is 18.3 Å². The van der Waals surface area contributed by atoms with Crippen LogP contribution in [-0.2, 0) is 0 Å². The Morgan fingerprint density at radius 1 is 0.110 bits per heavy atom. The zero-order valence-corrected chi connectivity index (χ0v) is 74.3. The molecule has 0 N–H and O–H groups in total. The van der Waals surface area contributed by atoms with Gasteiger partial charge in [0, 0.05) is 65.8 Å². The molecule has 0 bridgehead atoms. The van der Waals surface area contributed by atoms with E-state index in [4.69, 9.17) is 0 Å². The Kier molecular flexibility index (Phi) is 18.3. The van der Waals surface area contributed by atoms with Gasteiger partial charge in [0.1, 0.15) is 0 Å². The third-order valence-corrected chi connectivity index (χ3v) is 28.6. The third-order valence-electron chi connectivity index (χ3n) is 28.6. The molecule has 0 saturated carbocycles. The van der Waals surface area contributed by atoms with Gasteiger partial charge in [-0.05, 0) is 287 Å². The van der Waals surface area contributed by atoms with Crippen molar-refractivity contribution in [2.45, 2.75) is 0 Å². The molecular formula is C132H84N4. The molecule has 632 valence electrons. The zero-order valence-electron chi connectivity index (χ0n) is 74.3. The number of para-hydroxylation sites is 8. The van der Waals surface area contributed by atoms with Crippen LogP contribution in [0.3, 0.4) is 0 Å². The highest BCUT2D eigenvalue weighted by Crippen LogP contribution is 2.52. The molecule has 0 radical (unpaired) electrons. The number of nitrogens with zero attached hydrogens (tertiary/aromatic N) is 4. The Morgan fingerprint density at radius 3 is 0.743 bits per heavy atom. The van der Waals surface area contributed by atoms with Crippen molar-refractivity contribution >= 4 is 152 Å². The largest absolute Gasteiger partial charge is 0.309 e. The molecule has 24 aromatic carbocycles.